The van der Waals surface area contributed by atoms with Gasteiger partial charge in [0, 0.05) is 40.7 Å². The van der Waals surface area contributed by atoms with Crippen LogP contribution in [-0.4, -0.2) is 39.1 Å². The lowest BCUT2D eigenvalue weighted by Crippen LogP contribution is -2.31. The second kappa shape index (κ2) is 9.40. The first-order valence-corrected chi connectivity index (χ1v) is 10.3. The maximum Gasteiger partial charge on any atom is 0.308 e. The minimum absolute atomic E-state index is 0.00401. The molecule has 9 heteroatoms. The van der Waals surface area contributed by atoms with E-state index in [1.807, 2.05) is 0 Å². The number of aryl methyl sites for hydroxylation is 1. The molecular weight excluding hydrogens is 439 g/mol. The Labute approximate surface area is 188 Å². The number of carbonyl (C=O) groups is 3. The van der Waals surface area contributed by atoms with Gasteiger partial charge >= 0.3 is 5.97 Å². The Morgan fingerprint density at radius 2 is 1.84 bits per heavy atom. The molecule has 7 nitrogen and oxygen atoms in total. The van der Waals surface area contributed by atoms with Gasteiger partial charge in [-0.15, -0.1) is 0 Å². The number of halogens is 2. The Balaban J connectivity index is 1.94. The molecular formula is C23H22ClFN2O5. The molecule has 2 aromatic carbocycles. The van der Waals surface area contributed by atoms with Crippen LogP contribution in [0.5, 0.6) is 5.75 Å². The van der Waals surface area contributed by atoms with E-state index in [1.54, 1.807) is 31.2 Å². The van der Waals surface area contributed by atoms with Crippen LogP contribution in [0.4, 0.5) is 4.39 Å². The highest BCUT2D eigenvalue weighted by Crippen LogP contribution is 2.32. The second-order valence-electron chi connectivity index (χ2n) is 7.58. The number of amides is 1. The van der Waals surface area contributed by atoms with E-state index in [0.717, 1.165) is 6.07 Å². The first-order chi connectivity index (χ1) is 15.1. The van der Waals surface area contributed by atoms with Crippen LogP contribution in [0.15, 0.2) is 36.4 Å². The van der Waals surface area contributed by atoms with Crippen molar-refractivity contribution in [2.75, 3.05) is 6.54 Å². The van der Waals surface area contributed by atoms with Crippen molar-refractivity contribution >= 4 is 40.3 Å². The van der Waals surface area contributed by atoms with Crippen LogP contribution in [-0.2, 0) is 16.0 Å². The van der Waals surface area contributed by atoms with Gasteiger partial charge in [0.25, 0.3) is 5.91 Å². The summed E-state index contributed by atoms with van der Waals surface area (Å²) in [5.41, 5.74) is 1.73. The third-order valence-electron chi connectivity index (χ3n) is 5.33. The monoisotopic (exact) mass is 460 g/mol. The summed E-state index contributed by atoms with van der Waals surface area (Å²) in [5, 5.41) is 22.3. The number of benzene rings is 2. The van der Waals surface area contributed by atoms with Crippen molar-refractivity contribution in [1.29, 1.82) is 0 Å². The molecule has 0 aliphatic carbocycles. The van der Waals surface area contributed by atoms with Gasteiger partial charge in [0.05, 0.1) is 11.4 Å². The number of nitrogens with one attached hydrogen (secondary N) is 1. The Bertz CT molecular complexity index is 1200. The summed E-state index contributed by atoms with van der Waals surface area (Å²) in [7, 11) is 0. The normalized spacial score (nSPS) is 12.0. The number of hydrogen-bond acceptors (Lipinski definition) is 4. The number of carbonyl (C=O) groups excluding carboxylic acids is 2. The molecule has 168 valence electrons. The zero-order chi connectivity index (χ0) is 23.6. The first-order valence-electron chi connectivity index (χ1n) is 9.92. The molecule has 32 heavy (non-hydrogen) atoms. The van der Waals surface area contributed by atoms with E-state index in [2.05, 4.69) is 5.32 Å². The number of aliphatic carboxylic acids is 1. The van der Waals surface area contributed by atoms with Gasteiger partial charge in [-0.25, -0.2) is 4.39 Å². The lowest BCUT2D eigenvalue weighted by molar-refractivity contribution is -0.141. The maximum absolute atomic E-state index is 14.1. The highest BCUT2D eigenvalue weighted by atomic mass is 35.5. The number of fused-ring (bicyclic) bond motifs is 1. The summed E-state index contributed by atoms with van der Waals surface area (Å²) in [6, 6.07) is 8.59. The minimum atomic E-state index is -1.01. The molecule has 0 spiro atoms. The average molecular weight is 461 g/mol. The average Bonchev–Trinajstić information content (AvgIpc) is 3.01. The largest absolute Gasteiger partial charge is 0.505 e. The molecule has 1 heterocycles. The maximum atomic E-state index is 14.1. The number of nitrogens with zero attached hydrogens (tertiary/aromatic N) is 1. The van der Waals surface area contributed by atoms with Crippen LogP contribution < -0.4 is 5.32 Å². The van der Waals surface area contributed by atoms with Gasteiger partial charge < -0.3 is 15.5 Å². The molecule has 1 atom stereocenters. The standard InChI is InChI=1S/C23H22ClFN2O5/c1-12(23(31)32)11-26-21(29)8-7-16-13(2)27(19-10-18(25)20(28)9-17(16)19)22(30)14-3-5-15(24)6-4-14/h3-6,9-10,12,28H,7-8,11H2,1-2H3,(H,26,29)(H,31,32)/t12-/m0/s1. The molecule has 3 N–H and O–H groups in total. The Kier molecular flexibility index (Phi) is 6.84. The molecule has 0 bridgehead atoms. The smallest absolute Gasteiger partial charge is 0.308 e. The fourth-order valence-corrected chi connectivity index (χ4v) is 3.59. The van der Waals surface area contributed by atoms with Gasteiger partial charge in [-0.05, 0) is 49.2 Å². The molecule has 1 aromatic heterocycles. The van der Waals surface area contributed by atoms with Crippen LogP contribution in [0.25, 0.3) is 10.9 Å². The van der Waals surface area contributed by atoms with Crippen molar-refractivity contribution in [1.82, 2.24) is 9.88 Å². The third kappa shape index (κ3) is 4.75. The van der Waals surface area contributed by atoms with Gasteiger partial charge in [-0.2, -0.15) is 0 Å². The van der Waals surface area contributed by atoms with Crippen LogP contribution >= 0.6 is 11.6 Å². The Morgan fingerprint density at radius 1 is 1.19 bits per heavy atom. The zero-order valence-electron chi connectivity index (χ0n) is 17.5. The SMILES string of the molecule is Cc1c(CCC(=O)NC[C@H](C)C(=O)O)c2cc(O)c(F)cc2n1C(=O)c1ccc(Cl)cc1. The number of phenols is 1. The van der Waals surface area contributed by atoms with E-state index in [4.69, 9.17) is 16.7 Å². The molecule has 0 saturated carbocycles. The topological polar surface area (TPSA) is 109 Å². The molecule has 3 rings (SSSR count). The van der Waals surface area contributed by atoms with Crippen molar-refractivity contribution in [3.63, 3.8) is 0 Å². The number of hydrogen-bond donors (Lipinski definition) is 3. The van der Waals surface area contributed by atoms with Gasteiger partial charge in [-0.1, -0.05) is 18.5 Å². The van der Waals surface area contributed by atoms with Crippen molar-refractivity contribution < 1.29 is 29.0 Å². The molecule has 0 unspecified atom stereocenters. The highest BCUT2D eigenvalue weighted by Gasteiger charge is 2.22. The minimum Gasteiger partial charge on any atom is -0.505 e. The van der Waals surface area contributed by atoms with Crippen molar-refractivity contribution in [2.45, 2.75) is 26.7 Å². The first kappa shape index (κ1) is 23.3. The predicted molar refractivity (Wildman–Crippen MR) is 118 cm³/mol. The molecule has 0 saturated heterocycles. The fourth-order valence-electron chi connectivity index (χ4n) is 3.47. The van der Waals surface area contributed by atoms with E-state index >= 15 is 0 Å². The van der Waals surface area contributed by atoms with Crippen LogP contribution in [0.3, 0.4) is 0 Å². The van der Waals surface area contributed by atoms with Crippen LogP contribution in [0, 0.1) is 18.7 Å². The van der Waals surface area contributed by atoms with E-state index in [-0.39, 0.29) is 30.8 Å². The third-order valence-corrected chi connectivity index (χ3v) is 5.58. The van der Waals surface area contributed by atoms with E-state index in [9.17, 15) is 23.9 Å². The molecule has 3 aromatic rings. The quantitative estimate of drug-likeness (QED) is 0.495. The molecule has 0 aliphatic heterocycles. The summed E-state index contributed by atoms with van der Waals surface area (Å²) >= 11 is 5.90. The van der Waals surface area contributed by atoms with Crippen molar-refractivity contribution in [3.05, 3.63) is 64.1 Å². The molecule has 0 radical (unpaired) electrons. The second-order valence-corrected chi connectivity index (χ2v) is 8.01. The summed E-state index contributed by atoms with van der Waals surface area (Å²) in [6.45, 7) is 3.17. The van der Waals surface area contributed by atoms with Gasteiger partial charge in [0.2, 0.25) is 5.91 Å². The summed E-state index contributed by atoms with van der Waals surface area (Å²) in [4.78, 5) is 36.3. The predicted octanol–water partition coefficient (Wildman–Crippen LogP) is 3.91. The number of carboxylic acid groups (broad SMARTS) is 1. The van der Waals surface area contributed by atoms with E-state index in [0.29, 0.717) is 27.2 Å². The summed E-state index contributed by atoms with van der Waals surface area (Å²) < 4.78 is 15.5. The molecule has 0 aliphatic rings. The van der Waals surface area contributed by atoms with Crippen LogP contribution in [0.2, 0.25) is 5.02 Å². The highest BCUT2D eigenvalue weighted by molar-refractivity contribution is 6.30. The Morgan fingerprint density at radius 3 is 2.47 bits per heavy atom. The lowest BCUT2D eigenvalue weighted by atomic mass is 10.0. The van der Waals surface area contributed by atoms with Crippen molar-refractivity contribution in [3.8, 4) is 5.75 Å². The van der Waals surface area contributed by atoms with Crippen LogP contribution in [0.1, 0.15) is 35.0 Å². The number of phenolic OH excluding ortho intramolecular Hbond substituents is 1. The van der Waals surface area contributed by atoms with E-state index < -0.39 is 29.4 Å². The zero-order valence-corrected chi connectivity index (χ0v) is 18.2. The fraction of sp³-hybridized carbons (Fsp3) is 0.261. The number of rotatable bonds is 7. The number of aromatic nitrogens is 1. The number of carboxylic acids is 1. The van der Waals surface area contributed by atoms with Crippen molar-refractivity contribution in [2.24, 2.45) is 5.92 Å². The summed E-state index contributed by atoms with van der Waals surface area (Å²) in [5.74, 6) is -3.92. The van der Waals surface area contributed by atoms with Gasteiger partial charge in [0.1, 0.15) is 0 Å². The molecule has 0 fully saturated rings. The summed E-state index contributed by atoms with van der Waals surface area (Å²) in [6.07, 6.45) is 0.237. The molecule has 1 amide bonds. The van der Waals surface area contributed by atoms with E-state index in [1.165, 1.54) is 17.6 Å². The van der Waals surface area contributed by atoms with Gasteiger partial charge in [0.15, 0.2) is 11.6 Å². The number of aromatic hydroxyl groups is 1. The lowest BCUT2D eigenvalue weighted by Gasteiger charge is -2.09. The Hall–Kier alpha value is -3.39. The van der Waals surface area contributed by atoms with Gasteiger partial charge in [-0.3, -0.25) is 19.0 Å².